The molecule has 1 aromatic carbocycles. The van der Waals surface area contributed by atoms with Gasteiger partial charge in [0.1, 0.15) is 17.2 Å². The van der Waals surface area contributed by atoms with Crippen molar-refractivity contribution in [1.82, 2.24) is 19.7 Å². The highest BCUT2D eigenvalue weighted by atomic mass is 16.6. The van der Waals surface area contributed by atoms with E-state index < -0.39 is 5.60 Å². The standard InChI is InChI=1S/C29H35N5O3/c1-29(2,3)37-28(35)34-20-6-7-21(34)17-22(16-20)32(4)27-11-10-23-24-9-8-19(33-14-5-13-30-33)18-26(24)36-15-12-25(23)31-27/h5,8-11,13-14,18,20-22H,6-7,12,15-17H2,1-4H3/t20-,21+,22?. The highest BCUT2D eigenvalue weighted by Crippen LogP contribution is 2.40. The molecule has 3 aliphatic heterocycles. The van der Waals surface area contributed by atoms with Crippen molar-refractivity contribution in [3.05, 3.63) is 54.5 Å². The number of carbonyl (C=O) groups is 1. The average molecular weight is 502 g/mol. The van der Waals surface area contributed by atoms with Crippen molar-refractivity contribution in [1.29, 1.82) is 0 Å². The predicted octanol–water partition coefficient (Wildman–Crippen LogP) is 5.24. The lowest BCUT2D eigenvalue weighted by atomic mass is 9.96. The lowest BCUT2D eigenvalue weighted by Crippen LogP contribution is -2.53. The number of amides is 1. The van der Waals surface area contributed by atoms with E-state index in [9.17, 15) is 4.79 Å². The second-order valence-corrected chi connectivity index (χ2v) is 11.4. The minimum Gasteiger partial charge on any atom is -0.492 e. The number of nitrogens with zero attached hydrogens (tertiary/aromatic N) is 5. The molecule has 37 heavy (non-hydrogen) atoms. The molecule has 0 N–H and O–H groups in total. The van der Waals surface area contributed by atoms with E-state index >= 15 is 0 Å². The van der Waals surface area contributed by atoms with Gasteiger partial charge in [-0.2, -0.15) is 5.10 Å². The maximum absolute atomic E-state index is 12.9. The molecule has 6 rings (SSSR count). The van der Waals surface area contributed by atoms with Crippen molar-refractivity contribution >= 4 is 11.9 Å². The van der Waals surface area contributed by atoms with Gasteiger partial charge in [0.15, 0.2) is 0 Å². The maximum Gasteiger partial charge on any atom is 0.410 e. The van der Waals surface area contributed by atoms with Crippen LogP contribution in [0.3, 0.4) is 0 Å². The van der Waals surface area contributed by atoms with Crippen LogP contribution in [0.2, 0.25) is 0 Å². The van der Waals surface area contributed by atoms with Crippen LogP contribution < -0.4 is 9.64 Å². The number of rotatable bonds is 3. The summed E-state index contributed by atoms with van der Waals surface area (Å²) in [5.41, 5.74) is 3.75. The summed E-state index contributed by atoms with van der Waals surface area (Å²) < 4.78 is 13.7. The third kappa shape index (κ3) is 4.54. The SMILES string of the molecule is CN(c1ccc2c(n1)CCOc1cc(-n3cccn3)ccc1-2)C1C[C@H]2CC[C@@H](C1)N2C(=O)OC(C)(C)C. The second-order valence-electron chi connectivity index (χ2n) is 11.4. The Balaban J connectivity index is 1.21. The van der Waals surface area contributed by atoms with Gasteiger partial charge in [-0.3, -0.25) is 0 Å². The topological polar surface area (TPSA) is 72.7 Å². The van der Waals surface area contributed by atoms with E-state index in [-0.39, 0.29) is 18.2 Å². The van der Waals surface area contributed by atoms with E-state index in [1.165, 1.54) is 0 Å². The van der Waals surface area contributed by atoms with Crippen molar-refractivity contribution in [3.8, 4) is 22.6 Å². The van der Waals surface area contributed by atoms with E-state index in [1.54, 1.807) is 6.20 Å². The van der Waals surface area contributed by atoms with Crippen molar-refractivity contribution < 1.29 is 14.3 Å². The molecule has 0 aliphatic carbocycles. The molecule has 8 nitrogen and oxygen atoms in total. The van der Waals surface area contributed by atoms with E-state index in [0.29, 0.717) is 12.6 Å². The number of hydrogen-bond acceptors (Lipinski definition) is 6. The average Bonchev–Trinajstić information content (AvgIpc) is 3.44. The lowest BCUT2D eigenvalue weighted by molar-refractivity contribution is 0.00597. The van der Waals surface area contributed by atoms with Crippen LogP contribution >= 0.6 is 0 Å². The van der Waals surface area contributed by atoms with Crippen LogP contribution in [0.5, 0.6) is 5.75 Å². The fraction of sp³-hybridized carbons (Fsp3) is 0.483. The minimum atomic E-state index is -0.473. The number of benzene rings is 1. The molecule has 2 fully saturated rings. The van der Waals surface area contributed by atoms with Crippen LogP contribution in [-0.2, 0) is 11.2 Å². The molecule has 3 aliphatic rings. The van der Waals surface area contributed by atoms with Crippen molar-refractivity contribution in [2.45, 2.75) is 76.6 Å². The van der Waals surface area contributed by atoms with E-state index in [2.05, 4.69) is 41.3 Å². The first kappa shape index (κ1) is 23.8. The van der Waals surface area contributed by atoms with E-state index in [1.807, 2.05) is 48.7 Å². The number of fused-ring (bicyclic) bond motifs is 5. The monoisotopic (exact) mass is 501 g/mol. The van der Waals surface area contributed by atoms with Gasteiger partial charge < -0.3 is 19.3 Å². The first-order valence-electron chi connectivity index (χ1n) is 13.3. The molecule has 2 saturated heterocycles. The van der Waals surface area contributed by atoms with Gasteiger partial charge in [0.05, 0.1) is 18.0 Å². The Morgan fingerprint density at radius 2 is 1.86 bits per heavy atom. The van der Waals surface area contributed by atoms with Gasteiger partial charge in [-0.15, -0.1) is 0 Å². The Hall–Kier alpha value is -3.55. The molecule has 5 heterocycles. The summed E-state index contributed by atoms with van der Waals surface area (Å²) in [5.74, 6) is 1.84. The van der Waals surface area contributed by atoms with Gasteiger partial charge in [-0.05, 0) is 76.8 Å². The Kier molecular flexibility index (Phi) is 5.85. The number of carbonyl (C=O) groups excluding carboxylic acids is 1. The number of pyridine rings is 1. The summed E-state index contributed by atoms with van der Waals surface area (Å²) in [6.45, 7) is 6.37. The Labute approximate surface area is 218 Å². The highest BCUT2D eigenvalue weighted by Gasteiger charge is 2.46. The van der Waals surface area contributed by atoms with Crippen LogP contribution in [0.1, 0.15) is 52.1 Å². The molecule has 2 bridgehead atoms. The summed E-state index contributed by atoms with van der Waals surface area (Å²) >= 11 is 0. The van der Waals surface area contributed by atoms with Crippen molar-refractivity contribution in [2.24, 2.45) is 0 Å². The summed E-state index contributed by atoms with van der Waals surface area (Å²) in [6, 6.07) is 13.2. The molecular formula is C29H35N5O3. The molecule has 3 atom stereocenters. The van der Waals surface area contributed by atoms with Gasteiger partial charge in [-0.1, -0.05) is 0 Å². The molecule has 2 aromatic heterocycles. The largest absolute Gasteiger partial charge is 0.492 e. The molecule has 3 aromatic rings. The van der Waals surface area contributed by atoms with Gasteiger partial charge in [-0.25, -0.2) is 14.5 Å². The molecule has 0 saturated carbocycles. The van der Waals surface area contributed by atoms with Crippen molar-refractivity contribution in [2.75, 3.05) is 18.6 Å². The van der Waals surface area contributed by atoms with Crippen LogP contribution in [0.4, 0.5) is 10.6 Å². The van der Waals surface area contributed by atoms with Gasteiger partial charge in [0.25, 0.3) is 0 Å². The number of piperidine rings is 1. The van der Waals surface area contributed by atoms with Crippen LogP contribution in [0.15, 0.2) is 48.8 Å². The molecule has 194 valence electrons. The first-order valence-corrected chi connectivity index (χ1v) is 13.3. The Morgan fingerprint density at radius 3 is 2.57 bits per heavy atom. The van der Waals surface area contributed by atoms with Crippen LogP contribution in [0, 0.1) is 0 Å². The Bertz CT molecular complexity index is 1290. The zero-order chi connectivity index (χ0) is 25.7. The van der Waals surface area contributed by atoms with Gasteiger partial charge in [0, 0.05) is 61.2 Å². The number of aromatic nitrogens is 3. The molecule has 0 radical (unpaired) electrons. The molecular weight excluding hydrogens is 466 g/mol. The third-order valence-corrected chi connectivity index (χ3v) is 7.80. The van der Waals surface area contributed by atoms with Crippen LogP contribution in [-0.4, -0.2) is 63.1 Å². The minimum absolute atomic E-state index is 0.168. The molecule has 8 heteroatoms. The fourth-order valence-electron chi connectivity index (χ4n) is 6.06. The summed E-state index contributed by atoms with van der Waals surface area (Å²) in [7, 11) is 2.14. The maximum atomic E-state index is 12.9. The zero-order valence-electron chi connectivity index (χ0n) is 22.1. The zero-order valence-corrected chi connectivity index (χ0v) is 22.1. The third-order valence-electron chi connectivity index (χ3n) is 7.80. The second kappa shape index (κ2) is 9.08. The number of anilines is 1. The van der Waals surface area contributed by atoms with E-state index in [4.69, 9.17) is 14.5 Å². The van der Waals surface area contributed by atoms with Crippen LogP contribution in [0.25, 0.3) is 16.8 Å². The quantitative estimate of drug-likeness (QED) is 0.489. The fourth-order valence-corrected chi connectivity index (χ4v) is 6.06. The molecule has 1 unspecified atom stereocenters. The van der Waals surface area contributed by atoms with Gasteiger partial charge >= 0.3 is 6.09 Å². The smallest absolute Gasteiger partial charge is 0.410 e. The van der Waals surface area contributed by atoms with Gasteiger partial charge in [0.2, 0.25) is 0 Å². The summed E-state index contributed by atoms with van der Waals surface area (Å²) in [5, 5.41) is 4.34. The highest BCUT2D eigenvalue weighted by molar-refractivity contribution is 5.75. The van der Waals surface area contributed by atoms with Crippen molar-refractivity contribution in [3.63, 3.8) is 0 Å². The summed E-state index contributed by atoms with van der Waals surface area (Å²) in [4.78, 5) is 22.3. The number of ether oxygens (including phenoxy) is 2. The van der Waals surface area contributed by atoms with E-state index in [0.717, 1.165) is 66.2 Å². The normalized spacial score (nSPS) is 22.5. The molecule has 0 spiro atoms. The molecule has 1 amide bonds. The number of hydrogen-bond donors (Lipinski definition) is 0. The summed E-state index contributed by atoms with van der Waals surface area (Å²) in [6.07, 6.45) is 8.25. The lowest BCUT2D eigenvalue weighted by Gasteiger charge is -2.42. The Morgan fingerprint density at radius 1 is 1.11 bits per heavy atom. The first-order chi connectivity index (χ1) is 17.8. The predicted molar refractivity (Wildman–Crippen MR) is 142 cm³/mol.